The van der Waals surface area contributed by atoms with Gasteiger partial charge in [-0.15, -0.1) is 0 Å². The van der Waals surface area contributed by atoms with Crippen molar-refractivity contribution < 1.29 is 14.3 Å². The highest BCUT2D eigenvalue weighted by Gasteiger charge is 2.13. The van der Waals surface area contributed by atoms with E-state index in [0.717, 1.165) is 24.4 Å². The molecular weight excluding hydrogens is 230 g/mol. The van der Waals surface area contributed by atoms with E-state index < -0.39 is 0 Å². The van der Waals surface area contributed by atoms with Gasteiger partial charge in [-0.05, 0) is 30.9 Å². The lowest BCUT2D eigenvalue weighted by Gasteiger charge is -2.21. The number of ether oxygens (including phenoxy) is 2. The minimum absolute atomic E-state index is 0.188. The van der Waals surface area contributed by atoms with Crippen molar-refractivity contribution in [3.8, 4) is 5.75 Å². The Morgan fingerprint density at radius 2 is 2.33 bits per heavy atom. The molecule has 0 amide bonds. The van der Waals surface area contributed by atoms with E-state index in [0.29, 0.717) is 19.4 Å². The van der Waals surface area contributed by atoms with Crippen molar-refractivity contribution in [2.75, 3.05) is 25.6 Å². The predicted octanol–water partition coefficient (Wildman–Crippen LogP) is 2.38. The van der Waals surface area contributed by atoms with Crippen molar-refractivity contribution >= 4 is 11.7 Å². The molecule has 1 heterocycles. The summed E-state index contributed by atoms with van der Waals surface area (Å²) in [6.07, 6.45) is 3.34. The second-order valence-corrected chi connectivity index (χ2v) is 4.35. The quantitative estimate of drug-likeness (QED) is 0.643. The lowest BCUT2D eigenvalue weighted by atomic mass is 10.0. The number of nitrogens with one attached hydrogen (secondary N) is 1. The number of benzene rings is 1. The van der Waals surface area contributed by atoms with E-state index in [2.05, 4.69) is 16.1 Å². The number of rotatable bonds is 5. The molecule has 0 unspecified atom stereocenters. The smallest absolute Gasteiger partial charge is 0.305 e. The van der Waals surface area contributed by atoms with E-state index in [1.54, 1.807) is 0 Å². The molecule has 2 rings (SSSR count). The molecule has 98 valence electrons. The van der Waals surface area contributed by atoms with Crippen LogP contribution < -0.4 is 10.1 Å². The van der Waals surface area contributed by atoms with Crippen LogP contribution in [0.25, 0.3) is 0 Å². The van der Waals surface area contributed by atoms with Gasteiger partial charge in [-0.3, -0.25) is 4.79 Å². The van der Waals surface area contributed by atoms with Gasteiger partial charge in [-0.2, -0.15) is 0 Å². The van der Waals surface area contributed by atoms with E-state index >= 15 is 0 Å². The molecule has 0 aromatic heterocycles. The molecule has 0 aliphatic carbocycles. The van der Waals surface area contributed by atoms with Crippen LogP contribution in [-0.2, 0) is 16.0 Å². The molecule has 1 aromatic carbocycles. The van der Waals surface area contributed by atoms with Gasteiger partial charge in [0.25, 0.3) is 0 Å². The molecule has 1 aliphatic rings. The topological polar surface area (TPSA) is 47.6 Å². The largest absolute Gasteiger partial charge is 0.491 e. The second-order valence-electron chi connectivity index (χ2n) is 4.35. The fourth-order valence-electron chi connectivity index (χ4n) is 2.10. The average molecular weight is 249 g/mol. The van der Waals surface area contributed by atoms with Crippen molar-refractivity contribution in [1.29, 1.82) is 0 Å². The second kappa shape index (κ2) is 6.28. The highest BCUT2D eigenvalue weighted by Crippen LogP contribution is 2.31. The van der Waals surface area contributed by atoms with Crippen molar-refractivity contribution in [3.05, 3.63) is 23.8 Å². The number of carbonyl (C=O) groups excluding carboxylic acids is 1. The number of esters is 1. The highest BCUT2D eigenvalue weighted by molar-refractivity contribution is 5.69. The molecule has 1 aliphatic heterocycles. The summed E-state index contributed by atoms with van der Waals surface area (Å²) in [4.78, 5) is 11.0. The Morgan fingerprint density at radius 1 is 1.44 bits per heavy atom. The molecule has 1 aromatic rings. The van der Waals surface area contributed by atoms with Crippen LogP contribution in [0.5, 0.6) is 5.75 Å². The standard InChI is InChI=1S/C14H19NO3/c1-17-13(16)8-4-10-18-12-7-2-5-11-6-3-9-15-14(11)12/h2,5,7,15H,3-4,6,8-10H2,1H3. The molecule has 0 saturated heterocycles. The third-order valence-electron chi connectivity index (χ3n) is 3.05. The summed E-state index contributed by atoms with van der Waals surface area (Å²) in [6, 6.07) is 6.11. The minimum atomic E-state index is -0.188. The first-order chi connectivity index (χ1) is 8.81. The lowest BCUT2D eigenvalue weighted by Crippen LogP contribution is -2.13. The summed E-state index contributed by atoms with van der Waals surface area (Å²) in [5, 5.41) is 3.38. The Hall–Kier alpha value is -1.71. The molecule has 0 bridgehead atoms. The zero-order chi connectivity index (χ0) is 12.8. The van der Waals surface area contributed by atoms with Gasteiger partial charge >= 0.3 is 5.97 Å². The van der Waals surface area contributed by atoms with Gasteiger partial charge < -0.3 is 14.8 Å². The number of methoxy groups -OCH3 is 1. The van der Waals surface area contributed by atoms with Gasteiger partial charge in [0.1, 0.15) is 5.75 Å². The van der Waals surface area contributed by atoms with E-state index in [1.807, 2.05) is 12.1 Å². The first kappa shape index (κ1) is 12.7. The minimum Gasteiger partial charge on any atom is -0.491 e. The van der Waals surface area contributed by atoms with Crippen molar-refractivity contribution in [1.82, 2.24) is 0 Å². The van der Waals surface area contributed by atoms with Crippen molar-refractivity contribution in [2.24, 2.45) is 0 Å². The Bertz CT molecular complexity index is 418. The maximum absolute atomic E-state index is 11.0. The zero-order valence-corrected chi connectivity index (χ0v) is 10.7. The molecular formula is C14H19NO3. The van der Waals surface area contributed by atoms with Gasteiger partial charge in [0.05, 0.1) is 19.4 Å². The van der Waals surface area contributed by atoms with Crippen LogP contribution in [0.1, 0.15) is 24.8 Å². The zero-order valence-electron chi connectivity index (χ0n) is 10.7. The number of anilines is 1. The SMILES string of the molecule is COC(=O)CCCOc1cccc2c1NCCC2. The highest BCUT2D eigenvalue weighted by atomic mass is 16.5. The number of hydrogen-bond donors (Lipinski definition) is 1. The van der Waals surface area contributed by atoms with Crippen LogP contribution in [0.15, 0.2) is 18.2 Å². The first-order valence-electron chi connectivity index (χ1n) is 6.36. The van der Waals surface area contributed by atoms with Gasteiger partial charge in [0.15, 0.2) is 0 Å². The van der Waals surface area contributed by atoms with Gasteiger partial charge in [0.2, 0.25) is 0 Å². The van der Waals surface area contributed by atoms with Crippen molar-refractivity contribution in [2.45, 2.75) is 25.7 Å². The van der Waals surface area contributed by atoms with Crippen LogP contribution in [0.3, 0.4) is 0 Å². The van der Waals surface area contributed by atoms with Crippen LogP contribution in [0.4, 0.5) is 5.69 Å². The summed E-state index contributed by atoms with van der Waals surface area (Å²) in [6.45, 7) is 1.53. The summed E-state index contributed by atoms with van der Waals surface area (Å²) < 4.78 is 10.3. The molecule has 0 radical (unpaired) electrons. The Morgan fingerprint density at radius 3 is 3.17 bits per heavy atom. The number of para-hydroxylation sites is 1. The van der Waals surface area contributed by atoms with Crippen LogP contribution in [0.2, 0.25) is 0 Å². The number of carbonyl (C=O) groups is 1. The van der Waals surface area contributed by atoms with E-state index in [4.69, 9.17) is 4.74 Å². The Labute approximate surface area is 107 Å². The predicted molar refractivity (Wildman–Crippen MR) is 70.0 cm³/mol. The maximum atomic E-state index is 11.0. The number of fused-ring (bicyclic) bond motifs is 1. The Balaban J connectivity index is 1.88. The monoisotopic (exact) mass is 249 g/mol. The van der Waals surface area contributed by atoms with E-state index in [1.165, 1.54) is 19.1 Å². The number of hydrogen-bond acceptors (Lipinski definition) is 4. The average Bonchev–Trinajstić information content (AvgIpc) is 2.43. The van der Waals surface area contributed by atoms with Crippen molar-refractivity contribution in [3.63, 3.8) is 0 Å². The van der Waals surface area contributed by atoms with E-state index in [9.17, 15) is 4.79 Å². The molecule has 0 atom stereocenters. The molecule has 18 heavy (non-hydrogen) atoms. The number of aryl methyl sites for hydroxylation is 1. The summed E-state index contributed by atoms with van der Waals surface area (Å²) in [5.74, 6) is 0.698. The van der Waals surface area contributed by atoms with Crippen LogP contribution in [0, 0.1) is 0 Å². The van der Waals surface area contributed by atoms with Crippen LogP contribution >= 0.6 is 0 Å². The third-order valence-corrected chi connectivity index (χ3v) is 3.05. The molecule has 4 nitrogen and oxygen atoms in total. The molecule has 0 fully saturated rings. The molecule has 1 N–H and O–H groups in total. The normalized spacial score (nSPS) is 13.4. The first-order valence-corrected chi connectivity index (χ1v) is 6.36. The summed E-state index contributed by atoms with van der Waals surface area (Å²) >= 11 is 0. The molecule has 0 spiro atoms. The fourth-order valence-corrected chi connectivity index (χ4v) is 2.10. The molecule has 4 heteroatoms. The molecule has 0 saturated carbocycles. The van der Waals surface area contributed by atoms with Gasteiger partial charge in [-0.1, -0.05) is 12.1 Å². The van der Waals surface area contributed by atoms with Gasteiger partial charge in [-0.25, -0.2) is 0 Å². The van der Waals surface area contributed by atoms with Crippen LogP contribution in [-0.4, -0.2) is 26.2 Å². The summed E-state index contributed by atoms with van der Waals surface area (Å²) in [7, 11) is 1.40. The summed E-state index contributed by atoms with van der Waals surface area (Å²) in [5.41, 5.74) is 2.42. The Kier molecular flexibility index (Phi) is 4.45. The lowest BCUT2D eigenvalue weighted by molar-refractivity contribution is -0.140. The third kappa shape index (κ3) is 3.15. The fraction of sp³-hybridized carbons (Fsp3) is 0.500. The van der Waals surface area contributed by atoms with Gasteiger partial charge in [0, 0.05) is 13.0 Å². The van der Waals surface area contributed by atoms with E-state index in [-0.39, 0.29) is 5.97 Å². The maximum Gasteiger partial charge on any atom is 0.305 e.